The fraction of sp³-hybridized carbons (Fsp3) is 0.0952. The minimum atomic E-state index is -0.887. The number of rotatable bonds is 6. The van der Waals surface area contributed by atoms with Gasteiger partial charge in [0.1, 0.15) is 9.88 Å². The molecule has 2 aromatic carbocycles. The predicted molar refractivity (Wildman–Crippen MR) is 105 cm³/mol. The number of nitrogens with one attached hydrogen (secondary N) is 1. The second kappa shape index (κ2) is 7.15. The summed E-state index contributed by atoms with van der Waals surface area (Å²) >= 11 is 1.29. The van der Waals surface area contributed by atoms with Gasteiger partial charge in [-0.25, -0.2) is 4.79 Å². The predicted octanol–water partition coefficient (Wildman–Crippen LogP) is 4.68. The first-order valence-corrected chi connectivity index (χ1v) is 9.21. The van der Waals surface area contributed by atoms with Gasteiger partial charge in [0.15, 0.2) is 0 Å². The smallest absolute Gasteiger partial charge is 0.345 e. The van der Waals surface area contributed by atoms with Crippen LogP contribution in [0.4, 0.5) is 0 Å². The average Bonchev–Trinajstić information content (AvgIpc) is 3.28. The van der Waals surface area contributed by atoms with Crippen molar-refractivity contribution in [2.24, 2.45) is 0 Å². The van der Waals surface area contributed by atoms with Gasteiger partial charge in [-0.1, -0.05) is 48.5 Å². The Bertz CT molecular complexity index is 1050. The first kappa shape index (κ1) is 16.6. The van der Waals surface area contributed by atoms with E-state index in [1.54, 1.807) is 6.07 Å². The lowest BCUT2D eigenvalue weighted by molar-refractivity contribution is 0.0702. The number of benzene rings is 2. The molecule has 0 amide bonds. The highest BCUT2D eigenvalue weighted by molar-refractivity contribution is 7.16. The molecule has 26 heavy (non-hydrogen) atoms. The van der Waals surface area contributed by atoms with E-state index >= 15 is 0 Å². The summed E-state index contributed by atoms with van der Waals surface area (Å²) in [6.45, 7) is 1.56. The van der Waals surface area contributed by atoms with E-state index in [2.05, 4.69) is 40.3 Å². The van der Waals surface area contributed by atoms with Crippen LogP contribution in [0.5, 0.6) is 0 Å². The molecule has 130 valence electrons. The summed E-state index contributed by atoms with van der Waals surface area (Å²) in [5.41, 5.74) is 3.53. The Kier molecular flexibility index (Phi) is 4.56. The normalized spacial score (nSPS) is 11.1. The second-order valence-electron chi connectivity index (χ2n) is 6.07. The number of aromatic nitrogens is 1. The highest BCUT2D eigenvalue weighted by Gasteiger charge is 2.13. The Balaban J connectivity index is 1.62. The summed E-state index contributed by atoms with van der Waals surface area (Å²) in [5.74, 6) is -0.887. The van der Waals surface area contributed by atoms with Crippen LogP contribution in [0.25, 0.3) is 15.9 Å². The SMILES string of the molecule is O=C(O)c1ccc(-n2cc(CNCc3ccccc3)c3ccccc32)s1. The third-order valence-corrected chi connectivity index (χ3v) is 5.39. The fourth-order valence-electron chi connectivity index (χ4n) is 3.08. The lowest BCUT2D eigenvalue weighted by atomic mass is 10.1. The van der Waals surface area contributed by atoms with E-state index in [1.807, 2.05) is 36.4 Å². The van der Waals surface area contributed by atoms with Gasteiger partial charge in [-0.2, -0.15) is 0 Å². The molecule has 4 nitrogen and oxygen atoms in total. The molecule has 5 heteroatoms. The van der Waals surface area contributed by atoms with Crippen LogP contribution in [0.3, 0.4) is 0 Å². The molecule has 0 saturated heterocycles. The van der Waals surface area contributed by atoms with E-state index in [-0.39, 0.29) is 0 Å². The molecule has 2 heterocycles. The average molecular weight is 362 g/mol. The zero-order valence-corrected chi connectivity index (χ0v) is 14.9. The van der Waals surface area contributed by atoms with Crippen LogP contribution in [0.15, 0.2) is 72.9 Å². The van der Waals surface area contributed by atoms with Crippen molar-refractivity contribution in [3.8, 4) is 5.00 Å². The zero-order valence-electron chi connectivity index (χ0n) is 14.1. The van der Waals surface area contributed by atoms with E-state index in [4.69, 9.17) is 0 Å². The van der Waals surface area contributed by atoms with E-state index in [0.29, 0.717) is 4.88 Å². The largest absolute Gasteiger partial charge is 0.477 e. The molecule has 2 N–H and O–H groups in total. The summed E-state index contributed by atoms with van der Waals surface area (Å²) in [6.07, 6.45) is 2.10. The summed E-state index contributed by atoms with van der Waals surface area (Å²) in [4.78, 5) is 11.5. The molecule has 0 aliphatic heterocycles. The molecule has 4 rings (SSSR count). The number of aromatic carboxylic acids is 1. The van der Waals surface area contributed by atoms with Crippen molar-refractivity contribution in [2.45, 2.75) is 13.1 Å². The van der Waals surface area contributed by atoms with Gasteiger partial charge in [0, 0.05) is 24.7 Å². The number of para-hydroxylation sites is 1. The molecule has 0 bridgehead atoms. The monoisotopic (exact) mass is 362 g/mol. The van der Waals surface area contributed by atoms with Crippen LogP contribution in [0, 0.1) is 0 Å². The molecule has 0 fully saturated rings. The number of thiophene rings is 1. The van der Waals surface area contributed by atoms with Crippen molar-refractivity contribution in [2.75, 3.05) is 0 Å². The Labute approximate surface area is 155 Å². The third kappa shape index (κ3) is 3.27. The molecule has 2 aromatic heterocycles. The molecule has 0 radical (unpaired) electrons. The van der Waals surface area contributed by atoms with Gasteiger partial charge in [0.25, 0.3) is 0 Å². The van der Waals surface area contributed by atoms with Gasteiger partial charge in [0.2, 0.25) is 0 Å². The minimum absolute atomic E-state index is 0.349. The van der Waals surface area contributed by atoms with Crippen molar-refractivity contribution < 1.29 is 9.90 Å². The highest BCUT2D eigenvalue weighted by atomic mass is 32.1. The Morgan fingerprint density at radius 3 is 2.50 bits per heavy atom. The number of carboxylic acids is 1. The molecule has 0 spiro atoms. The Morgan fingerprint density at radius 1 is 0.962 bits per heavy atom. The molecule has 0 unspecified atom stereocenters. The Hall–Kier alpha value is -2.89. The van der Waals surface area contributed by atoms with Gasteiger partial charge in [0.05, 0.1) is 5.52 Å². The molecule has 4 aromatic rings. The highest BCUT2D eigenvalue weighted by Crippen LogP contribution is 2.29. The third-order valence-electron chi connectivity index (χ3n) is 4.32. The van der Waals surface area contributed by atoms with Gasteiger partial charge >= 0.3 is 5.97 Å². The number of hydrogen-bond acceptors (Lipinski definition) is 3. The van der Waals surface area contributed by atoms with Crippen LogP contribution < -0.4 is 5.32 Å². The van der Waals surface area contributed by atoms with E-state index in [0.717, 1.165) is 23.6 Å². The molecule has 0 aliphatic carbocycles. The van der Waals surface area contributed by atoms with Crippen molar-refractivity contribution in [3.05, 3.63) is 88.9 Å². The summed E-state index contributed by atoms with van der Waals surface area (Å²) < 4.78 is 2.08. The standard InChI is InChI=1S/C21H18N2O2S/c24-21(25)19-10-11-20(26-19)23-14-16(17-8-4-5-9-18(17)23)13-22-12-15-6-2-1-3-7-15/h1-11,14,22H,12-13H2,(H,24,25). The summed E-state index contributed by atoms with van der Waals surface area (Å²) in [5, 5.41) is 14.8. The topological polar surface area (TPSA) is 54.3 Å². The number of nitrogens with zero attached hydrogens (tertiary/aromatic N) is 1. The van der Waals surface area contributed by atoms with E-state index in [9.17, 15) is 9.90 Å². The van der Waals surface area contributed by atoms with Crippen LogP contribution in [-0.2, 0) is 13.1 Å². The zero-order chi connectivity index (χ0) is 17.9. The first-order valence-electron chi connectivity index (χ1n) is 8.39. The number of carbonyl (C=O) groups is 1. The lowest BCUT2D eigenvalue weighted by Crippen LogP contribution is -2.12. The van der Waals surface area contributed by atoms with Crippen LogP contribution in [-0.4, -0.2) is 15.6 Å². The van der Waals surface area contributed by atoms with Crippen molar-refractivity contribution in [1.29, 1.82) is 0 Å². The van der Waals surface area contributed by atoms with Gasteiger partial charge in [-0.15, -0.1) is 11.3 Å². The fourth-order valence-corrected chi connectivity index (χ4v) is 3.92. The number of hydrogen-bond donors (Lipinski definition) is 2. The van der Waals surface area contributed by atoms with Crippen molar-refractivity contribution >= 4 is 28.2 Å². The number of fused-ring (bicyclic) bond motifs is 1. The van der Waals surface area contributed by atoms with E-state index < -0.39 is 5.97 Å². The molecule has 0 saturated carbocycles. The maximum absolute atomic E-state index is 11.2. The second-order valence-corrected chi connectivity index (χ2v) is 7.14. The Morgan fingerprint density at radius 2 is 1.73 bits per heavy atom. The quantitative estimate of drug-likeness (QED) is 0.524. The van der Waals surface area contributed by atoms with Crippen LogP contribution >= 0.6 is 11.3 Å². The molecular formula is C21H18N2O2S. The van der Waals surface area contributed by atoms with Gasteiger partial charge in [-0.05, 0) is 29.3 Å². The molecule has 0 aliphatic rings. The van der Waals surface area contributed by atoms with Gasteiger partial charge in [-0.3, -0.25) is 0 Å². The maximum atomic E-state index is 11.2. The van der Waals surface area contributed by atoms with E-state index in [1.165, 1.54) is 27.8 Å². The van der Waals surface area contributed by atoms with Crippen LogP contribution in [0.1, 0.15) is 20.8 Å². The maximum Gasteiger partial charge on any atom is 0.345 e. The summed E-state index contributed by atoms with van der Waals surface area (Å²) in [7, 11) is 0. The molecular weight excluding hydrogens is 344 g/mol. The first-order chi connectivity index (χ1) is 12.7. The number of carboxylic acid groups (broad SMARTS) is 1. The summed E-state index contributed by atoms with van der Waals surface area (Å²) in [6, 6.07) is 22.0. The lowest BCUT2D eigenvalue weighted by Gasteiger charge is -2.04. The van der Waals surface area contributed by atoms with Crippen LogP contribution in [0.2, 0.25) is 0 Å². The van der Waals surface area contributed by atoms with Crippen molar-refractivity contribution in [1.82, 2.24) is 9.88 Å². The minimum Gasteiger partial charge on any atom is -0.477 e. The van der Waals surface area contributed by atoms with Gasteiger partial charge < -0.3 is 15.0 Å². The molecule has 0 atom stereocenters. The van der Waals surface area contributed by atoms with Crippen molar-refractivity contribution in [3.63, 3.8) is 0 Å².